The molecule has 24 heavy (non-hydrogen) atoms. The highest BCUT2D eigenvalue weighted by atomic mass is 16.8. The highest BCUT2D eigenvalue weighted by Crippen LogP contribution is 2.26. The zero-order chi connectivity index (χ0) is 17.3. The first-order valence-electron chi connectivity index (χ1n) is 7.71. The van der Waals surface area contributed by atoms with E-state index >= 15 is 0 Å². The summed E-state index contributed by atoms with van der Waals surface area (Å²) in [5.41, 5.74) is 1.04. The summed E-state index contributed by atoms with van der Waals surface area (Å²) < 4.78 is 10.4. The second kappa shape index (κ2) is 6.00. The standard InChI is InChI=1S/C19H19NO4/c1-19(2)23-16(18(22)24-19)11-17(21)20(3)12-14-9-6-8-13-7-4-5-10-15(13)14/h4-11H,12H2,1-3H3. The number of hydrogen-bond donors (Lipinski definition) is 0. The molecule has 0 saturated carbocycles. The molecule has 0 radical (unpaired) electrons. The van der Waals surface area contributed by atoms with Gasteiger partial charge in [-0.1, -0.05) is 42.5 Å². The fourth-order valence-electron chi connectivity index (χ4n) is 2.68. The average molecular weight is 325 g/mol. The maximum absolute atomic E-state index is 12.4. The summed E-state index contributed by atoms with van der Waals surface area (Å²) in [6.07, 6.45) is 1.18. The lowest BCUT2D eigenvalue weighted by molar-refractivity contribution is -0.159. The summed E-state index contributed by atoms with van der Waals surface area (Å²) in [6, 6.07) is 14.0. The lowest BCUT2D eigenvalue weighted by atomic mass is 10.0. The number of likely N-dealkylation sites (N-methyl/N-ethyl adjacent to an activating group) is 1. The van der Waals surface area contributed by atoms with E-state index in [0.29, 0.717) is 6.54 Å². The third-order valence-corrected chi connectivity index (χ3v) is 3.81. The van der Waals surface area contributed by atoms with Gasteiger partial charge < -0.3 is 14.4 Å². The Morgan fingerprint density at radius 3 is 2.54 bits per heavy atom. The number of amides is 1. The SMILES string of the molecule is CN(Cc1cccc2ccccc12)C(=O)C=C1OC(C)(C)OC1=O. The molecule has 0 aromatic heterocycles. The number of nitrogens with zero attached hydrogens (tertiary/aromatic N) is 1. The lowest BCUT2D eigenvalue weighted by Gasteiger charge is -2.17. The number of cyclic esters (lactones) is 1. The number of esters is 1. The summed E-state index contributed by atoms with van der Waals surface area (Å²) in [5.74, 6) is -2.02. The molecule has 2 aromatic rings. The van der Waals surface area contributed by atoms with Gasteiger partial charge in [-0.2, -0.15) is 0 Å². The van der Waals surface area contributed by atoms with Crippen molar-refractivity contribution in [2.45, 2.75) is 26.2 Å². The first-order valence-corrected chi connectivity index (χ1v) is 7.71. The van der Waals surface area contributed by atoms with E-state index in [1.54, 1.807) is 20.9 Å². The van der Waals surface area contributed by atoms with E-state index in [4.69, 9.17) is 9.47 Å². The van der Waals surface area contributed by atoms with Gasteiger partial charge in [0, 0.05) is 27.4 Å². The van der Waals surface area contributed by atoms with Gasteiger partial charge in [0.25, 0.3) is 5.91 Å². The van der Waals surface area contributed by atoms with Gasteiger partial charge in [-0.05, 0) is 16.3 Å². The Balaban J connectivity index is 1.78. The molecule has 1 aliphatic heterocycles. The molecular formula is C19H19NO4. The zero-order valence-corrected chi connectivity index (χ0v) is 13.9. The van der Waals surface area contributed by atoms with Crippen LogP contribution in [0.5, 0.6) is 0 Å². The van der Waals surface area contributed by atoms with Crippen molar-refractivity contribution in [2.75, 3.05) is 7.05 Å². The van der Waals surface area contributed by atoms with E-state index in [-0.39, 0.29) is 11.7 Å². The minimum absolute atomic E-state index is 0.0604. The molecule has 124 valence electrons. The Morgan fingerprint density at radius 2 is 1.83 bits per heavy atom. The van der Waals surface area contributed by atoms with Crippen molar-refractivity contribution in [3.63, 3.8) is 0 Å². The van der Waals surface area contributed by atoms with Crippen LogP contribution in [0.2, 0.25) is 0 Å². The van der Waals surface area contributed by atoms with Crippen LogP contribution in [-0.2, 0) is 25.6 Å². The molecule has 1 amide bonds. The summed E-state index contributed by atoms with van der Waals surface area (Å²) in [7, 11) is 1.69. The number of benzene rings is 2. The quantitative estimate of drug-likeness (QED) is 0.643. The van der Waals surface area contributed by atoms with Crippen LogP contribution in [0, 0.1) is 0 Å². The Bertz CT molecular complexity index is 833. The van der Waals surface area contributed by atoms with E-state index < -0.39 is 11.8 Å². The van der Waals surface area contributed by atoms with Crippen molar-refractivity contribution in [3.05, 3.63) is 59.9 Å². The normalized spacial score (nSPS) is 17.6. The van der Waals surface area contributed by atoms with Crippen molar-refractivity contribution < 1.29 is 19.1 Å². The van der Waals surface area contributed by atoms with Crippen LogP contribution < -0.4 is 0 Å². The van der Waals surface area contributed by atoms with Gasteiger partial charge >= 0.3 is 5.97 Å². The number of carbonyl (C=O) groups is 2. The fraction of sp³-hybridized carbons (Fsp3) is 0.263. The predicted molar refractivity (Wildman–Crippen MR) is 89.8 cm³/mol. The van der Waals surface area contributed by atoms with Crippen molar-refractivity contribution in [2.24, 2.45) is 0 Å². The van der Waals surface area contributed by atoms with E-state index in [0.717, 1.165) is 16.3 Å². The minimum atomic E-state index is -1.03. The Labute approximate surface area is 140 Å². The van der Waals surface area contributed by atoms with Gasteiger partial charge in [0.1, 0.15) is 0 Å². The summed E-state index contributed by atoms with van der Waals surface area (Å²) in [5, 5.41) is 2.23. The van der Waals surface area contributed by atoms with Gasteiger partial charge in [-0.15, -0.1) is 0 Å². The van der Waals surface area contributed by atoms with E-state index in [1.165, 1.54) is 11.0 Å². The third kappa shape index (κ3) is 3.25. The smallest absolute Gasteiger partial charge is 0.377 e. The molecule has 1 aliphatic rings. The number of hydrogen-bond acceptors (Lipinski definition) is 4. The van der Waals surface area contributed by atoms with E-state index in [1.807, 2.05) is 42.5 Å². The monoisotopic (exact) mass is 325 g/mol. The van der Waals surface area contributed by atoms with Crippen LogP contribution in [0.15, 0.2) is 54.3 Å². The van der Waals surface area contributed by atoms with Gasteiger partial charge in [-0.25, -0.2) is 4.79 Å². The maximum Gasteiger partial charge on any atom is 0.377 e. The molecule has 2 aromatic carbocycles. The molecular weight excluding hydrogens is 306 g/mol. The van der Waals surface area contributed by atoms with Gasteiger partial charge in [0.2, 0.25) is 11.5 Å². The van der Waals surface area contributed by atoms with Crippen molar-refractivity contribution in [1.82, 2.24) is 4.90 Å². The van der Waals surface area contributed by atoms with Crippen molar-refractivity contribution in [3.8, 4) is 0 Å². The zero-order valence-electron chi connectivity index (χ0n) is 13.9. The van der Waals surface area contributed by atoms with Crippen LogP contribution in [0.3, 0.4) is 0 Å². The number of rotatable bonds is 3. The highest BCUT2D eigenvalue weighted by molar-refractivity contribution is 5.98. The molecule has 5 heteroatoms. The number of fused-ring (bicyclic) bond motifs is 1. The first-order chi connectivity index (χ1) is 11.4. The lowest BCUT2D eigenvalue weighted by Crippen LogP contribution is -2.25. The fourth-order valence-corrected chi connectivity index (χ4v) is 2.68. The van der Waals surface area contributed by atoms with E-state index in [9.17, 15) is 9.59 Å². The second-order valence-corrected chi connectivity index (χ2v) is 6.23. The second-order valence-electron chi connectivity index (χ2n) is 6.23. The van der Waals surface area contributed by atoms with Crippen LogP contribution in [0.25, 0.3) is 10.8 Å². The molecule has 1 heterocycles. The summed E-state index contributed by atoms with van der Waals surface area (Å²) in [6.45, 7) is 3.68. The molecule has 5 nitrogen and oxygen atoms in total. The van der Waals surface area contributed by atoms with Crippen LogP contribution in [0.1, 0.15) is 19.4 Å². The van der Waals surface area contributed by atoms with Crippen LogP contribution in [0.4, 0.5) is 0 Å². The topological polar surface area (TPSA) is 55.8 Å². The van der Waals surface area contributed by atoms with Crippen molar-refractivity contribution >= 4 is 22.6 Å². The van der Waals surface area contributed by atoms with Gasteiger partial charge in [0.15, 0.2) is 0 Å². The Hall–Kier alpha value is -2.82. The third-order valence-electron chi connectivity index (χ3n) is 3.81. The summed E-state index contributed by atoms with van der Waals surface area (Å²) >= 11 is 0. The van der Waals surface area contributed by atoms with Gasteiger partial charge in [0.05, 0.1) is 6.08 Å². The average Bonchev–Trinajstić information content (AvgIpc) is 2.79. The predicted octanol–water partition coefficient (Wildman–Crippen LogP) is 2.99. The van der Waals surface area contributed by atoms with E-state index in [2.05, 4.69) is 0 Å². The molecule has 0 aliphatic carbocycles. The van der Waals surface area contributed by atoms with Crippen LogP contribution >= 0.6 is 0 Å². The molecule has 0 bridgehead atoms. The highest BCUT2D eigenvalue weighted by Gasteiger charge is 2.37. The van der Waals surface area contributed by atoms with Crippen LogP contribution in [-0.4, -0.2) is 29.6 Å². The Morgan fingerprint density at radius 1 is 1.12 bits per heavy atom. The number of ether oxygens (including phenoxy) is 2. The Kier molecular flexibility index (Phi) is 4.01. The van der Waals surface area contributed by atoms with Crippen molar-refractivity contribution in [1.29, 1.82) is 0 Å². The molecule has 0 atom stereocenters. The molecule has 3 rings (SSSR count). The first kappa shape index (κ1) is 16.1. The molecule has 0 N–H and O–H groups in total. The minimum Gasteiger partial charge on any atom is -0.445 e. The molecule has 1 fully saturated rings. The molecule has 0 unspecified atom stereocenters. The number of carbonyl (C=O) groups excluding carboxylic acids is 2. The largest absolute Gasteiger partial charge is 0.445 e. The molecule has 1 saturated heterocycles. The molecule has 0 spiro atoms. The van der Waals surface area contributed by atoms with Gasteiger partial charge in [-0.3, -0.25) is 4.79 Å². The maximum atomic E-state index is 12.4. The summed E-state index contributed by atoms with van der Waals surface area (Å²) in [4.78, 5) is 25.6.